The van der Waals surface area contributed by atoms with E-state index in [1.54, 1.807) is 4.68 Å². The third kappa shape index (κ3) is 5.70. The third-order valence-electron chi connectivity index (χ3n) is 3.66. The van der Waals surface area contributed by atoms with E-state index in [0.29, 0.717) is 19.4 Å². The van der Waals surface area contributed by atoms with Crippen molar-refractivity contribution in [3.63, 3.8) is 0 Å². The van der Waals surface area contributed by atoms with Crippen molar-refractivity contribution >= 4 is 11.6 Å². The van der Waals surface area contributed by atoms with Crippen molar-refractivity contribution in [2.24, 2.45) is 7.05 Å². The molecule has 0 fully saturated rings. The topological polar surface area (TPSA) is 59.4 Å². The van der Waals surface area contributed by atoms with Crippen LogP contribution in [0.4, 0.5) is 5.69 Å². The van der Waals surface area contributed by atoms with E-state index < -0.39 is 0 Å². The molecule has 0 bridgehead atoms. The molecule has 1 heterocycles. The number of carbonyl (C=O) groups excluding carboxylic acids is 1. The lowest BCUT2D eigenvalue weighted by Gasteiger charge is -2.13. The van der Waals surface area contributed by atoms with Crippen LogP contribution in [0, 0.1) is 6.92 Å². The molecule has 6 nitrogen and oxygen atoms in total. The molecule has 1 amide bonds. The Hall–Kier alpha value is -2.34. The number of nitrogens with zero attached hydrogens (tertiary/aromatic N) is 3. The Labute approximate surface area is 143 Å². The summed E-state index contributed by atoms with van der Waals surface area (Å²) in [5, 5.41) is 7.23. The second kappa shape index (κ2) is 8.49. The van der Waals surface area contributed by atoms with E-state index >= 15 is 0 Å². The van der Waals surface area contributed by atoms with Gasteiger partial charge in [-0.3, -0.25) is 9.48 Å². The molecular weight excluding hydrogens is 304 g/mol. The minimum atomic E-state index is -0.00923. The monoisotopic (exact) mass is 330 g/mol. The highest BCUT2D eigenvalue weighted by Crippen LogP contribution is 2.21. The molecular formula is C18H26N4O2. The molecule has 6 heteroatoms. The Morgan fingerprint density at radius 2 is 2.12 bits per heavy atom. The van der Waals surface area contributed by atoms with Crippen LogP contribution in [0.3, 0.4) is 0 Å². The van der Waals surface area contributed by atoms with Gasteiger partial charge in [-0.1, -0.05) is 0 Å². The van der Waals surface area contributed by atoms with Gasteiger partial charge in [0.2, 0.25) is 5.91 Å². The molecule has 1 aromatic heterocycles. The van der Waals surface area contributed by atoms with Gasteiger partial charge in [-0.05, 0) is 50.8 Å². The summed E-state index contributed by atoms with van der Waals surface area (Å²) in [6.45, 7) is 3.47. The second-order valence-corrected chi connectivity index (χ2v) is 6.16. The van der Waals surface area contributed by atoms with E-state index in [4.69, 9.17) is 4.74 Å². The SMILES string of the molecule is Cc1cc(OCCN(C)C)ccc1NC(=O)CCc1ccn(C)n1. The number of rotatable bonds is 8. The number of ether oxygens (including phenoxy) is 1. The summed E-state index contributed by atoms with van der Waals surface area (Å²) in [4.78, 5) is 14.2. The molecule has 0 atom stereocenters. The van der Waals surface area contributed by atoms with Crippen molar-refractivity contribution in [2.75, 3.05) is 32.6 Å². The Kier molecular flexibility index (Phi) is 6.37. The van der Waals surface area contributed by atoms with Crippen LogP contribution in [0.25, 0.3) is 0 Å². The molecule has 0 saturated carbocycles. The fourth-order valence-corrected chi connectivity index (χ4v) is 2.26. The number of amides is 1. The predicted octanol–water partition coefficient (Wildman–Crippen LogP) is 2.24. The maximum absolute atomic E-state index is 12.1. The smallest absolute Gasteiger partial charge is 0.224 e. The largest absolute Gasteiger partial charge is 0.492 e. The van der Waals surface area contributed by atoms with E-state index in [9.17, 15) is 4.79 Å². The first-order valence-electron chi connectivity index (χ1n) is 8.10. The molecule has 1 aromatic carbocycles. The zero-order valence-electron chi connectivity index (χ0n) is 14.9. The van der Waals surface area contributed by atoms with Crippen LogP contribution in [0.15, 0.2) is 30.5 Å². The van der Waals surface area contributed by atoms with Crippen molar-refractivity contribution in [1.29, 1.82) is 0 Å². The maximum Gasteiger partial charge on any atom is 0.224 e. The number of aryl methyl sites for hydroxylation is 3. The Morgan fingerprint density at radius 3 is 2.75 bits per heavy atom. The van der Waals surface area contributed by atoms with Gasteiger partial charge in [0.15, 0.2) is 0 Å². The number of nitrogens with one attached hydrogen (secondary N) is 1. The van der Waals surface area contributed by atoms with Crippen LogP contribution < -0.4 is 10.1 Å². The number of hydrogen-bond donors (Lipinski definition) is 1. The molecule has 24 heavy (non-hydrogen) atoms. The van der Waals surface area contributed by atoms with E-state index in [0.717, 1.165) is 29.2 Å². The molecule has 2 rings (SSSR count). The van der Waals surface area contributed by atoms with Crippen molar-refractivity contribution < 1.29 is 9.53 Å². The summed E-state index contributed by atoms with van der Waals surface area (Å²) in [5.41, 5.74) is 2.73. The standard InChI is InChI=1S/C18H26N4O2/c1-14-13-16(24-12-11-21(2)3)6-7-17(14)19-18(23)8-5-15-9-10-22(4)20-15/h6-7,9-10,13H,5,8,11-12H2,1-4H3,(H,19,23). The molecule has 0 saturated heterocycles. The van der Waals surface area contributed by atoms with Gasteiger partial charge < -0.3 is 15.0 Å². The minimum absolute atomic E-state index is 0.00923. The lowest BCUT2D eigenvalue weighted by atomic mass is 10.1. The Bertz CT molecular complexity index is 679. The zero-order chi connectivity index (χ0) is 17.5. The number of hydrogen-bond acceptors (Lipinski definition) is 4. The summed E-state index contributed by atoms with van der Waals surface area (Å²) in [6, 6.07) is 7.65. The van der Waals surface area contributed by atoms with Crippen LogP contribution in [0.2, 0.25) is 0 Å². The van der Waals surface area contributed by atoms with Crippen molar-refractivity contribution in [2.45, 2.75) is 19.8 Å². The molecule has 0 aliphatic rings. The molecule has 0 spiro atoms. The highest BCUT2D eigenvalue weighted by atomic mass is 16.5. The van der Waals surface area contributed by atoms with Crippen LogP contribution in [0.5, 0.6) is 5.75 Å². The van der Waals surface area contributed by atoms with E-state index in [1.165, 1.54) is 0 Å². The lowest BCUT2D eigenvalue weighted by Crippen LogP contribution is -2.19. The molecule has 1 N–H and O–H groups in total. The maximum atomic E-state index is 12.1. The average Bonchev–Trinajstić information content (AvgIpc) is 2.93. The van der Waals surface area contributed by atoms with Gasteiger partial charge in [0.05, 0.1) is 5.69 Å². The van der Waals surface area contributed by atoms with E-state index in [2.05, 4.69) is 15.3 Å². The van der Waals surface area contributed by atoms with Gasteiger partial charge in [0.1, 0.15) is 12.4 Å². The Balaban J connectivity index is 1.84. The number of anilines is 1. The minimum Gasteiger partial charge on any atom is -0.492 e. The molecule has 0 unspecified atom stereocenters. The summed E-state index contributed by atoms with van der Waals surface area (Å²) < 4.78 is 7.44. The zero-order valence-corrected chi connectivity index (χ0v) is 14.9. The molecule has 0 radical (unpaired) electrons. The van der Waals surface area contributed by atoms with Crippen LogP contribution in [-0.2, 0) is 18.3 Å². The molecule has 130 valence electrons. The second-order valence-electron chi connectivity index (χ2n) is 6.16. The molecule has 0 aliphatic heterocycles. The number of benzene rings is 1. The molecule has 0 aliphatic carbocycles. The van der Waals surface area contributed by atoms with Crippen LogP contribution in [-0.4, -0.2) is 47.8 Å². The fourth-order valence-electron chi connectivity index (χ4n) is 2.26. The van der Waals surface area contributed by atoms with E-state index in [1.807, 2.05) is 58.5 Å². The average molecular weight is 330 g/mol. The number of likely N-dealkylation sites (N-methyl/N-ethyl adjacent to an activating group) is 1. The summed E-state index contributed by atoms with van der Waals surface area (Å²) in [7, 11) is 5.89. The normalized spacial score (nSPS) is 10.9. The van der Waals surface area contributed by atoms with Crippen molar-refractivity contribution in [1.82, 2.24) is 14.7 Å². The van der Waals surface area contributed by atoms with Crippen LogP contribution >= 0.6 is 0 Å². The number of aromatic nitrogens is 2. The van der Waals surface area contributed by atoms with Gasteiger partial charge >= 0.3 is 0 Å². The summed E-state index contributed by atoms with van der Waals surface area (Å²) in [6.07, 6.45) is 2.93. The van der Waals surface area contributed by atoms with Crippen LogP contribution in [0.1, 0.15) is 17.7 Å². The predicted molar refractivity (Wildman–Crippen MR) is 95.4 cm³/mol. The highest BCUT2D eigenvalue weighted by molar-refractivity contribution is 5.91. The summed E-state index contributed by atoms with van der Waals surface area (Å²) in [5.74, 6) is 0.811. The van der Waals surface area contributed by atoms with E-state index in [-0.39, 0.29) is 5.91 Å². The Morgan fingerprint density at radius 1 is 1.33 bits per heavy atom. The van der Waals surface area contributed by atoms with Crippen molar-refractivity contribution in [3.8, 4) is 5.75 Å². The van der Waals surface area contributed by atoms with Gasteiger partial charge in [0, 0.05) is 38.3 Å². The van der Waals surface area contributed by atoms with Gasteiger partial charge in [-0.2, -0.15) is 5.10 Å². The first-order valence-corrected chi connectivity index (χ1v) is 8.10. The quantitative estimate of drug-likeness (QED) is 0.806. The fraction of sp³-hybridized carbons (Fsp3) is 0.444. The first-order chi connectivity index (χ1) is 11.4. The third-order valence-corrected chi connectivity index (χ3v) is 3.66. The highest BCUT2D eigenvalue weighted by Gasteiger charge is 2.07. The summed E-state index contributed by atoms with van der Waals surface area (Å²) >= 11 is 0. The van der Waals surface area contributed by atoms with Gasteiger partial charge in [-0.25, -0.2) is 0 Å². The first kappa shape index (κ1) is 18.0. The van der Waals surface area contributed by atoms with Crippen molar-refractivity contribution in [3.05, 3.63) is 41.7 Å². The van der Waals surface area contributed by atoms with Gasteiger partial charge in [-0.15, -0.1) is 0 Å². The molecule has 2 aromatic rings. The number of carbonyl (C=O) groups is 1. The lowest BCUT2D eigenvalue weighted by molar-refractivity contribution is -0.116. The van der Waals surface area contributed by atoms with Gasteiger partial charge in [0.25, 0.3) is 0 Å².